The molecule has 0 amide bonds. The lowest BCUT2D eigenvalue weighted by molar-refractivity contribution is -0.137. The van der Waals surface area contributed by atoms with E-state index in [4.69, 9.17) is 4.74 Å². The Morgan fingerprint density at radius 1 is 1.06 bits per heavy atom. The van der Waals surface area contributed by atoms with Crippen molar-refractivity contribution in [1.82, 2.24) is 9.55 Å². The normalized spacial score (nSPS) is 12.2. The van der Waals surface area contributed by atoms with E-state index in [0.29, 0.717) is 34.8 Å². The quantitative estimate of drug-likeness (QED) is 0.230. The minimum atomic E-state index is -4.43. The summed E-state index contributed by atoms with van der Waals surface area (Å²) in [6.45, 7) is 7.60. The lowest BCUT2D eigenvalue weighted by atomic mass is 10.1. The molecule has 0 saturated carbocycles. The Kier molecular flexibility index (Phi) is 6.81. The number of hydrogen-bond donors (Lipinski definition) is 0. The van der Waals surface area contributed by atoms with Crippen LogP contribution in [0.5, 0.6) is 0 Å². The van der Waals surface area contributed by atoms with Gasteiger partial charge in [-0.15, -0.1) is 0 Å². The van der Waals surface area contributed by atoms with Crippen LogP contribution in [0.1, 0.15) is 15.9 Å². The maximum Gasteiger partial charge on any atom is 0.416 e. The van der Waals surface area contributed by atoms with E-state index in [0.717, 1.165) is 24.5 Å². The van der Waals surface area contributed by atoms with Crippen LogP contribution in [0.2, 0.25) is 25.7 Å². The zero-order chi connectivity index (χ0) is 22.6. The number of alkyl halides is 3. The molecule has 4 nitrogen and oxygen atoms in total. The number of rotatable bonds is 8. The van der Waals surface area contributed by atoms with Gasteiger partial charge < -0.3 is 9.30 Å². The Morgan fingerprint density at radius 3 is 2.45 bits per heavy atom. The van der Waals surface area contributed by atoms with Crippen molar-refractivity contribution in [2.75, 3.05) is 6.61 Å². The van der Waals surface area contributed by atoms with Crippen molar-refractivity contribution in [3.05, 3.63) is 65.9 Å². The molecule has 3 aromatic rings. The van der Waals surface area contributed by atoms with Gasteiger partial charge in [0.25, 0.3) is 0 Å². The fourth-order valence-electron chi connectivity index (χ4n) is 3.03. The highest BCUT2D eigenvalue weighted by Gasteiger charge is 2.30. The number of nitrogens with zero attached hydrogens (tertiary/aromatic N) is 2. The molecule has 0 fully saturated rings. The minimum Gasteiger partial charge on any atom is -0.361 e. The highest BCUT2D eigenvalue weighted by atomic mass is 28.3. The third-order valence-corrected chi connectivity index (χ3v) is 6.47. The van der Waals surface area contributed by atoms with Gasteiger partial charge >= 0.3 is 6.18 Å². The van der Waals surface area contributed by atoms with Crippen LogP contribution in [0.3, 0.4) is 0 Å². The second-order valence-electron chi connectivity index (χ2n) is 8.59. The minimum absolute atomic E-state index is 0.219. The Hall–Kier alpha value is -2.71. The molecule has 0 aliphatic heterocycles. The molecular formula is C23H25F3N2O2Si. The summed E-state index contributed by atoms with van der Waals surface area (Å²) < 4.78 is 47.0. The maximum absolute atomic E-state index is 13.1. The van der Waals surface area contributed by atoms with Crippen molar-refractivity contribution < 1.29 is 22.7 Å². The summed E-state index contributed by atoms with van der Waals surface area (Å²) in [5.41, 5.74) is 1.23. The van der Waals surface area contributed by atoms with Crippen LogP contribution < -0.4 is 0 Å². The van der Waals surface area contributed by atoms with Gasteiger partial charge in [0, 0.05) is 37.6 Å². The van der Waals surface area contributed by atoms with Crippen LogP contribution in [0.25, 0.3) is 22.6 Å². The van der Waals surface area contributed by atoms with Crippen LogP contribution in [0.4, 0.5) is 13.2 Å². The molecule has 0 radical (unpaired) electrons. The van der Waals surface area contributed by atoms with E-state index < -0.39 is 19.8 Å². The molecule has 1 heterocycles. The first-order chi connectivity index (χ1) is 14.6. The summed E-state index contributed by atoms with van der Waals surface area (Å²) in [7, 11) is -1.25. The summed E-state index contributed by atoms with van der Waals surface area (Å²) in [5, 5.41) is 0. The maximum atomic E-state index is 13.1. The molecule has 2 aromatic carbocycles. The van der Waals surface area contributed by atoms with Crippen molar-refractivity contribution in [2.24, 2.45) is 0 Å². The first kappa shape index (κ1) is 23.0. The molecule has 0 N–H and O–H groups in total. The number of benzene rings is 2. The number of ether oxygens (including phenoxy) is 1. The monoisotopic (exact) mass is 446 g/mol. The van der Waals surface area contributed by atoms with E-state index in [2.05, 4.69) is 24.6 Å². The van der Waals surface area contributed by atoms with Crippen molar-refractivity contribution in [2.45, 2.75) is 38.6 Å². The molecule has 8 heteroatoms. The lowest BCUT2D eigenvalue weighted by Crippen LogP contribution is -2.22. The van der Waals surface area contributed by atoms with Gasteiger partial charge in [-0.2, -0.15) is 13.2 Å². The highest BCUT2D eigenvalue weighted by Crippen LogP contribution is 2.33. The van der Waals surface area contributed by atoms with Crippen LogP contribution in [0.15, 0.2) is 54.7 Å². The van der Waals surface area contributed by atoms with Crippen LogP contribution in [0, 0.1) is 0 Å². The van der Waals surface area contributed by atoms with Crippen molar-refractivity contribution in [1.29, 1.82) is 0 Å². The van der Waals surface area contributed by atoms with Gasteiger partial charge in [-0.05, 0) is 24.2 Å². The van der Waals surface area contributed by atoms with E-state index in [1.165, 1.54) is 6.07 Å². The average molecular weight is 447 g/mol. The Bertz CT molecular complexity index is 1060. The molecule has 164 valence electrons. The second kappa shape index (κ2) is 9.19. The third-order valence-electron chi connectivity index (χ3n) is 4.77. The lowest BCUT2D eigenvalue weighted by Gasteiger charge is -2.16. The predicted octanol–water partition coefficient (Wildman–Crippen LogP) is 6.36. The second-order valence-corrected chi connectivity index (χ2v) is 14.2. The molecule has 0 atom stereocenters. The van der Waals surface area contributed by atoms with Gasteiger partial charge in [-0.1, -0.05) is 50.0 Å². The number of aromatic nitrogens is 2. The SMILES string of the molecule is C[Si](C)(C)CCOCn1cc(-c2cccc(C(F)(F)F)c2)nc1-c1cccc(C=O)c1. The molecule has 0 unspecified atom stereocenters. The van der Waals surface area contributed by atoms with E-state index in [-0.39, 0.29) is 6.73 Å². The fraction of sp³-hybridized carbons (Fsp3) is 0.304. The molecule has 1 aromatic heterocycles. The van der Waals surface area contributed by atoms with Crippen molar-refractivity contribution >= 4 is 14.4 Å². The van der Waals surface area contributed by atoms with Crippen LogP contribution in [-0.4, -0.2) is 30.5 Å². The molecule has 0 aliphatic carbocycles. The zero-order valence-electron chi connectivity index (χ0n) is 17.7. The smallest absolute Gasteiger partial charge is 0.361 e. The van der Waals surface area contributed by atoms with Gasteiger partial charge in [0.1, 0.15) is 18.8 Å². The number of hydrogen-bond acceptors (Lipinski definition) is 3. The summed E-state index contributed by atoms with van der Waals surface area (Å²) >= 11 is 0. The van der Waals surface area contributed by atoms with Gasteiger partial charge in [-0.3, -0.25) is 4.79 Å². The van der Waals surface area contributed by atoms with Gasteiger partial charge in [0.05, 0.1) is 11.3 Å². The third kappa shape index (κ3) is 6.14. The van der Waals surface area contributed by atoms with Crippen LogP contribution in [-0.2, 0) is 17.6 Å². The summed E-state index contributed by atoms with van der Waals surface area (Å²) in [5.74, 6) is 0.532. The van der Waals surface area contributed by atoms with Gasteiger partial charge in [0.15, 0.2) is 0 Å². The molecule has 31 heavy (non-hydrogen) atoms. The molecule has 0 spiro atoms. The number of carbonyl (C=O) groups is 1. The van der Waals surface area contributed by atoms with Crippen molar-refractivity contribution in [3.63, 3.8) is 0 Å². The summed E-state index contributed by atoms with van der Waals surface area (Å²) in [4.78, 5) is 15.8. The highest BCUT2D eigenvalue weighted by molar-refractivity contribution is 6.76. The average Bonchev–Trinajstić information content (AvgIpc) is 3.14. The van der Waals surface area contributed by atoms with E-state index >= 15 is 0 Å². The summed E-state index contributed by atoms with van der Waals surface area (Å²) in [6, 6.07) is 13.0. The van der Waals surface area contributed by atoms with Gasteiger partial charge in [0.2, 0.25) is 0 Å². The molecule has 0 bridgehead atoms. The topological polar surface area (TPSA) is 44.1 Å². The number of aldehydes is 1. The summed E-state index contributed by atoms with van der Waals surface area (Å²) in [6.07, 6.45) is -2.00. The Morgan fingerprint density at radius 2 is 1.77 bits per heavy atom. The zero-order valence-corrected chi connectivity index (χ0v) is 18.7. The van der Waals surface area contributed by atoms with E-state index in [1.807, 2.05) is 6.07 Å². The first-order valence-electron chi connectivity index (χ1n) is 9.95. The van der Waals surface area contributed by atoms with Crippen LogP contribution >= 0.6 is 0 Å². The number of carbonyl (C=O) groups excluding carboxylic acids is 1. The molecule has 0 saturated heterocycles. The van der Waals surface area contributed by atoms with Gasteiger partial charge in [-0.25, -0.2) is 4.98 Å². The Balaban J connectivity index is 1.96. The standard InChI is InChI=1S/C23H25F3N2O2Si/c1-31(2,3)11-10-30-16-28-14-21(18-7-5-9-20(13-18)23(24,25)26)27-22(28)19-8-4-6-17(12-19)15-29/h4-9,12-15H,10-11,16H2,1-3H3. The first-order valence-corrected chi connectivity index (χ1v) is 13.7. The Labute approximate surface area is 180 Å². The number of imidazole rings is 1. The number of halogens is 3. The molecular weight excluding hydrogens is 421 g/mol. The molecule has 3 rings (SSSR count). The largest absolute Gasteiger partial charge is 0.416 e. The van der Waals surface area contributed by atoms with E-state index in [9.17, 15) is 18.0 Å². The fourth-order valence-corrected chi connectivity index (χ4v) is 3.79. The predicted molar refractivity (Wildman–Crippen MR) is 118 cm³/mol. The van der Waals surface area contributed by atoms with E-state index in [1.54, 1.807) is 35.0 Å². The molecule has 0 aliphatic rings. The van der Waals surface area contributed by atoms with Crippen molar-refractivity contribution in [3.8, 4) is 22.6 Å².